The fourth-order valence-corrected chi connectivity index (χ4v) is 3.91. The van der Waals surface area contributed by atoms with Gasteiger partial charge in [-0.1, -0.05) is 36.6 Å². The third-order valence-corrected chi connectivity index (χ3v) is 5.25. The van der Waals surface area contributed by atoms with Crippen LogP contribution in [0.15, 0.2) is 24.3 Å². The number of nitrogens with one attached hydrogen (secondary N) is 2. The van der Waals surface area contributed by atoms with Crippen molar-refractivity contribution in [2.45, 2.75) is 51.0 Å². The van der Waals surface area contributed by atoms with Gasteiger partial charge in [0.05, 0.1) is 0 Å². The van der Waals surface area contributed by atoms with Gasteiger partial charge in [0.2, 0.25) is 0 Å². The monoisotopic (exact) mass is 330 g/mol. The summed E-state index contributed by atoms with van der Waals surface area (Å²) in [5, 5.41) is 0.740. The van der Waals surface area contributed by atoms with Gasteiger partial charge in [-0.2, -0.15) is 13.1 Å². The maximum absolute atomic E-state index is 11.8. The molecule has 1 aliphatic rings. The SMILES string of the molecule is O=S(=O)(NCCCCc1ccc(Cl)cc1)NC1CCCC1. The van der Waals surface area contributed by atoms with Gasteiger partial charge in [0.15, 0.2) is 0 Å². The van der Waals surface area contributed by atoms with Crippen molar-refractivity contribution in [3.05, 3.63) is 34.9 Å². The number of benzene rings is 1. The summed E-state index contributed by atoms with van der Waals surface area (Å²) in [5.74, 6) is 0. The Kier molecular flexibility index (Phi) is 6.48. The second-order valence-electron chi connectivity index (χ2n) is 5.58. The lowest BCUT2D eigenvalue weighted by Gasteiger charge is -2.13. The molecule has 2 N–H and O–H groups in total. The van der Waals surface area contributed by atoms with Gasteiger partial charge in [-0.05, 0) is 49.8 Å². The highest BCUT2D eigenvalue weighted by atomic mass is 35.5. The molecule has 0 aromatic heterocycles. The van der Waals surface area contributed by atoms with Crippen LogP contribution in [0.4, 0.5) is 0 Å². The molecule has 21 heavy (non-hydrogen) atoms. The van der Waals surface area contributed by atoms with Gasteiger partial charge in [-0.15, -0.1) is 0 Å². The van der Waals surface area contributed by atoms with Gasteiger partial charge in [-0.25, -0.2) is 4.72 Å². The van der Waals surface area contributed by atoms with E-state index in [-0.39, 0.29) is 6.04 Å². The minimum Gasteiger partial charge on any atom is -0.202 e. The zero-order chi connectivity index (χ0) is 15.1. The van der Waals surface area contributed by atoms with Crippen LogP contribution in [0, 0.1) is 0 Å². The zero-order valence-electron chi connectivity index (χ0n) is 12.1. The lowest BCUT2D eigenvalue weighted by atomic mass is 10.1. The molecule has 6 heteroatoms. The van der Waals surface area contributed by atoms with E-state index >= 15 is 0 Å². The minimum absolute atomic E-state index is 0.122. The van der Waals surface area contributed by atoms with Crippen LogP contribution in [0.25, 0.3) is 0 Å². The van der Waals surface area contributed by atoms with E-state index in [1.54, 1.807) is 0 Å². The molecule has 1 aromatic rings. The Morgan fingerprint density at radius 1 is 1.10 bits per heavy atom. The van der Waals surface area contributed by atoms with Crippen molar-refractivity contribution in [1.29, 1.82) is 0 Å². The van der Waals surface area contributed by atoms with E-state index in [0.29, 0.717) is 6.54 Å². The number of halogens is 1. The maximum Gasteiger partial charge on any atom is 0.277 e. The number of hydrogen-bond acceptors (Lipinski definition) is 2. The molecular weight excluding hydrogens is 308 g/mol. The second kappa shape index (κ2) is 8.13. The van der Waals surface area contributed by atoms with Crippen molar-refractivity contribution in [3.8, 4) is 0 Å². The number of hydrogen-bond donors (Lipinski definition) is 2. The minimum atomic E-state index is -3.33. The molecule has 2 rings (SSSR count). The van der Waals surface area contributed by atoms with Crippen molar-refractivity contribution in [3.63, 3.8) is 0 Å². The molecule has 1 aromatic carbocycles. The summed E-state index contributed by atoms with van der Waals surface area (Å²) >= 11 is 5.83. The van der Waals surface area contributed by atoms with Crippen LogP contribution in [0.2, 0.25) is 5.02 Å². The molecule has 0 aliphatic heterocycles. The van der Waals surface area contributed by atoms with Crippen molar-refractivity contribution < 1.29 is 8.42 Å². The Morgan fingerprint density at radius 3 is 2.43 bits per heavy atom. The van der Waals surface area contributed by atoms with Crippen LogP contribution in [0.5, 0.6) is 0 Å². The topological polar surface area (TPSA) is 58.2 Å². The lowest BCUT2D eigenvalue weighted by molar-refractivity contribution is 0.536. The standard InChI is InChI=1S/C15H23ClN2O2S/c16-14-10-8-13(9-11-14)5-3-4-12-17-21(19,20)18-15-6-1-2-7-15/h8-11,15,17-18H,1-7,12H2. The quantitative estimate of drug-likeness (QED) is 0.720. The van der Waals surface area contributed by atoms with Crippen LogP contribution in [-0.4, -0.2) is 21.0 Å². The number of unbranched alkanes of at least 4 members (excludes halogenated alkanes) is 1. The predicted octanol–water partition coefficient (Wildman–Crippen LogP) is 3.03. The molecule has 0 bridgehead atoms. The first-order valence-electron chi connectivity index (χ1n) is 7.56. The molecule has 0 heterocycles. The Labute approximate surface area is 132 Å². The van der Waals surface area contributed by atoms with Crippen LogP contribution in [0.1, 0.15) is 44.1 Å². The molecule has 0 radical (unpaired) electrons. The van der Waals surface area contributed by atoms with E-state index in [0.717, 1.165) is 50.0 Å². The second-order valence-corrected chi connectivity index (χ2v) is 7.55. The van der Waals surface area contributed by atoms with E-state index < -0.39 is 10.2 Å². The first-order valence-corrected chi connectivity index (χ1v) is 9.43. The Balaban J connectivity index is 1.61. The molecule has 0 unspecified atom stereocenters. The molecule has 1 aliphatic carbocycles. The highest BCUT2D eigenvalue weighted by Crippen LogP contribution is 2.18. The van der Waals surface area contributed by atoms with Crippen molar-refractivity contribution >= 4 is 21.8 Å². The van der Waals surface area contributed by atoms with E-state index in [9.17, 15) is 8.42 Å². The largest absolute Gasteiger partial charge is 0.277 e. The van der Waals surface area contributed by atoms with Gasteiger partial charge in [0.1, 0.15) is 0 Å². The summed E-state index contributed by atoms with van der Waals surface area (Å²) in [7, 11) is -3.33. The van der Waals surface area contributed by atoms with Crippen molar-refractivity contribution in [2.75, 3.05) is 6.54 Å². The normalized spacial score (nSPS) is 16.4. The van der Waals surface area contributed by atoms with Crippen LogP contribution in [-0.2, 0) is 16.6 Å². The molecule has 118 valence electrons. The average Bonchev–Trinajstić information content (AvgIpc) is 2.92. The molecule has 0 saturated heterocycles. The van der Waals surface area contributed by atoms with E-state index in [2.05, 4.69) is 9.44 Å². The first-order chi connectivity index (χ1) is 10.1. The van der Waals surface area contributed by atoms with Gasteiger partial charge in [0, 0.05) is 17.6 Å². The first kappa shape index (κ1) is 16.7. The summed E-state index contributed by atoms with van der Waals surface area (Å²) in [4.78, 5) is 0. The third-order valence-electron chi connectivity index (χ3n) is 3.77. The van der Waals surface area contributed by atoms with Gasteiger partial charge < -0.3 is 0 Å². The molecule has 0 amide bonds. The van der Waals surface area contributed by atoms with Gasteiger partial charge >= 0.3 is 0 Å². The summed E-state index contributed by atoms with van der Waals surface area (Å²) in [6.07, 6.45) is 6.87. The smallest absolute Gasteiger partial charge is 0.202 e. The predicted molar refractivity (Wildman–Crippen MR) is 86.7 cm³/mol. The summed E-state index contributed by atoms with van der Waals surface area (Å²) < 4.78 is 29.0. The van der Waals surface area contributed by atoms with Gasteiger partial charge in [0.25, 0.3) is 10.2 Å². The molecule has 1 saturated carbocycles. The van der Waals surface area contributed by atoms with Crippen LogP contribution >= 0.6 is 11.6 Å². The fraction of sp³-hybridized carbons (Fsp3) is 0.600. The Morgan fingerprint density at radius 2 is 1.76 bits per heavy atom. The van der Waals surface area contributed by atoms with Crippen LogP contribution in [0.3, 0.4) is 0 Å². The molecule has 0 spiro atoms. The molecule has 1 fully saturated rings. The van der Waals surface area contributed by atoms with E-state index in [1.807, 2.05) is 24.3 Å². The van der Waals surface area contributed by atoms with E-state index in [1.165, 1.54) is 5.56 Å². The Bertz CT molecular complexity index is 525. The molecular formula is C15H23ClN2O2S. The molecule has 4 nitrogen and oxygen atoms in total. The zero-order valence-corrected chi connectivity index (χ0v) is 13.7. The highest BCUT2D eigenvalue weighted by molar-refractivity contribution is 7.87. The number of rotatable bonds is 8. The van der Waals surface area contributed by atoms with Crippen molar-refractivity contribution in [1.82, 2.24) is 9.44 Å². The Hall–Kier alpha value is -0.620. The van der Waals surface area contributed by atoms with Crippen LogP contribution < -0.4 is 9.44 Å². The summed E-state index contributed by atoms with van der Waals surface area (Å²) in [6.45, 7) is 0.482. The van der Waals surface area contributed by atoms with E-state index in [4.69, 9.17) is 11.6 Å². The summed E-state index contributed by atoms with van der Waals surface area (Å²) in [5.41, 5.74) is 1.23. The molecule has 0 atom stereocenters. The maximum atomic E-state index is 11.8. The lowest BCUT2D eigenvalue weighted by Crippen LogP contribution is -2.41. The third kappa shape index (κ3) is 6.34. The number of aryl methyl sites for hydroxylation is 1. The summed E-state index contributed by atoms with van der Waals surface area (Å²) in [6, 6.07) is 7.90. The van der Waals surface area contributed by atoms with Crippen molar-refractivity contribution in [2.24, 2.45) is 0 Å². The van der Waals surface area contributed by atoms with Gasteiger partial charge in [-0.3, -0.25) is 0 Å². The highest BCUT2D eigenvalue weighted by Gasteiger charge is 2.20. The fourth-order valence-electron chi connectivity index (χ4n) is 2.62. The average molecular weight is 331 g/mol.